The van der Waals surface area contributed by atoms with Crippen LogP contribution in [-0.4, -0.2) is 52.9 Å². The highest BCUT2D eigenvalue weighted by atomic mass is 16.4. The Morgan fingerprint density at radius 1 is 1.47 bits per heavy atom. The molecule has 1 heterocycles. The molecule has 0 aromatic carbocycles. The van der Waals surface area contributed by atoms with Gasteiger partial charge in [0.15, 0.2) is 0 Å². The summed E-state index contributed by atoms with van der Waals surface area (Å²) in [5.74, 6) is -0.755. The predicted molar refractivity (Wildman–Crippen MR) is 70.9 cm³/mol. The number of urea groups is 1. The number of likely N-dealkylation sites (tertiary alicyclic amines) is 1. The van der Waals surface area contributed by atoms with E-state index in [9.17, 15) is 9.59 Å². The van der Waals surface area contributed by atoms with Crippen LogP contribution in [0.1, 0.15) is 39.0 Å². The minimum absolute atomic E-state index is 0.0448. The molecule has 2 atom stereocenters. The van der Waals surface area contributed by atoms with Crippen molar-refractivity contribution < 1.29 is 19.8 Å². The van der Waals surface area contributed by atoms with Crippen LogP contribution in [0.4, 0.5) is 4.79 Å². The smallest absolute Gasteiger partial charge is 0.317 e. The molecule has 1 aliphatic rings. The molecule has 6 heteroatoms. The number of carboxylic acid groups (broad SMARTS) is 1. The number of hydrogen-bond acceptors (Lipinski definition) is 3. The zero-order chi connectivity index (χ0) is 14.3. The van der Waals surface area contributed by atoms with E-state index in [0.717, 1.165) is 19.3 Å². The van der Waals surface area contributed by atoms with Crippen LogP contribution >= 0.6 is 0 Å². The van der Waals surface area contributed by atoms with Gasteiger partial charge in [-0.05, 0) is 25.2 Å². The first kappa shape index (κ1) is 15.8. The van der Waals surface area contributed by atoms with Crippen molar-refractivity contribution in [1.82, 2.24) is 10.2 Å². The monoisotopic (exact) mass is 272 g/mol. The molecule has 0 radical (unpaired) electrons. The van der Waals surface area contributed by atoms with Crippen LogP contribution < -0.4 is 5.32 Å². The van der Waals surface area contributed by atoms with Gasteiger partial charge in [-0.2, -0.15) is 0 Å². The Bertz CT molecular complexity index is 309. The van der Waals surface area contributed by atoms with E-state index in [1.165, 1.54) is 0 Å². The number of hydrogen-bond donors (Lipinski definition) is 3. The van der Waals surface area contributed by atoms with E-state index in [2.05, 4.69) is 5.32 Å². The van der Waals surface area contributed by atoms with Crippen molar-refractivity contribution in [2.24, 2.45) is 5.92 Å². The number of carbonyl (C=O) groups excluding carboxylic acids is 1. The molecule has 3 N–H and O–H groups in total. The molecule has 1 saturated heterocycles. The Hall–Kier alpha value is -1.30. The summed E-state index contributed by atoms with van der Waals surface area (Å²) in [6.07, 6.45) is 3.27. The van der Waals surface area contributed by atoms with Gasteiger partial charge in [-0.1, -0.05) is 13.3 Å². The van der Waals surface area contributed by atoms with E-state index in [4.69, 9.17) is 10.2 Å². The van der Waals surface area contributed by atoms with Gasteiger partial charge in [0.05, 0.1) is 6.42 Å². The fourth-order valence-electron chi connectivity index (χ4n) is 2.45. The van der Waals surface area contributed by atoms with Crippen molar-refractivity contribution in [1.29, 1.82) is 0 Å². The number of piperidine rings is 1. The third-order valence-corrected chi connectivity index (χ3v) is 3.45. The van der Waals surface area contributed by atoms with Crippen molar-refractivity contribution in [2.45, 2.75) is 45.1 Å². The van der Waals surface area contributed by atoms with Crippen LogP contribution in [0.2, 0.25) is 0 Å². The van der Waals surface area contributed by atoms with Gasteiger partial charge in [0, 0.05) is 25.7 Å². The second-order valence-electron chi connectivity index (χ2n) is 5.17. The lowest BCUT2D eigenvalue weighted by molar-refractivity contribution is -0.137. The molecule has 110 valence electrons. The molecule has 2 unspecified atom stereocenters. The standard InChI is InChI=1S/C13H24N2O4/c1-2-4-11(7-12(17)18)14-13(19)15-6-3-5-10(8-15)9-16/h10-11,16H,2-9H2,1H3,(H,14,19)(H,17,18). The molecular formula is C13H24N2O4. The topological polar surface area (TPSA) is 89.9 Å². The van der Waals surface area contributed by atoms with Crippen LogP contribution in [0.3, 0.4) is 0 Å². The fraction of sp³-hybridized carbons (Fsp3) is 0.846. The summed E-state index contributed by atoms with van der Waals surface area (Å²) in [6.45, 7) is 3.28. The molecule has 6 nitrogen and oxygen atoms in total. The van der Waals surface area contributed by atoms with E-state index in [-0.39, 0.29) is 31.0 Å². The highest BCUT2D eigenvalue weighted by Gasteiger charge is 2.25. The van der Waals surface area contributed by atoms with Crippen molar-refractivity contribution in [3.05, 3.63) is 0 Å². The molecular weight excluding hydrogens is 248 g/mol. The molecule has 0 aromatic rings. The number of aliphatic carboxylic acids is 1. The lowest BCUT2D eigenvalue weighted by atomic mass is 9.99. The minimum Gasteiger partial charge on any atom is -0.481 e. The largest absolute Gasteiger partial charge is 0.481 e. The minimum atomic E-state index is -0.898. The highest BCUT2D eigenvalue weighted by molar-refractivity contribution is 5.76. The third kappa shape index (κ3) is 5.46. The van der Waals surface area contributed by atoms with Gasteiger partial charge < -0.3 is 20.4 Å². The number of rotatable bonds is 6. The number of carbonyl (C=O) groups is 2. The van der Waals surface area contributed by atoms with Gasteiger partial charge in [0.2, 0.25) is 0 Å². The van der Waals surface area contributed by atoms with E-state index in [1.54, 1.807) is 4.90 Å². The molecule has 0 aromatic heterocycles. The molecule has 1 fully saturated rings. The molecule has 0 aliphatic carbocycles. The average Bonchev–Trinajstić information content (AvgIpc) is 2.38. The van der Waals surface area contributed by atoms with E-state index >= 15 is 0 Å². The Morgan fingerprint density at radius 2 is 2.21 bits per heavy atom. The normalized spacial score (nSPS) is 20.9. The molecule has 0 spiro atoms. The maximum absolute atomic E-state index is 12.1. The van der Waals surface area contributed by atoms with Crippen molar-refractivity contribution in [3.8, 4) is 0 Å². The number of nitrogens with zero attached hydrogens (tertiary/aromatic N) is 1. The van der Waals surface area contributed by atoms with Gasteiger partial charge in [0.25, 0.3) is 0 Å². The number of aliphatic hydroxyl groups is 1. The maximum atomic E-state index is 12.1. The van der Waals surface area contributed by atoms with Gasteiger partial charge in [-0.25, -0.2) is 4.79 Å². The summed E-state index contributed by atoms with van der Waals surface area (Å²) >= 11 is 0. The fourth-order valence-corrected chi connectivity index (χ4v) is 2.45. The number of amides is 2. The average molecular weight is 272 g/mol. The van der Waals surface area contributed by atoms with E-state index in [1.807, 2.05) is 6.92 Å². The molecule has 0 saturated carbocycles. The first-order chi connectivity index (χ1) is 9.06. The maximum Gasteiger partial charge on any atom is 0.317 e. The first-order valence-electron chi connectivity index (χ1n) is 6.94. The van der Waals surface area contributed by atoms with E-state index < -0.39 is 5.97 Å². The van der Waals surface area contributed by atoms with Gasteiger partial charge in [-0.3, -0.25) is 4.79 Å². The molecule has 1 aliphatic heterocycles. The van der Waals surface area contributed by atoms with Crippen molar-refractivity contribution in [2.75, 3.05) is 19.7 Å². The number of nitrogens with one attached hydrogen (secondary N) is 1. The van der Waals surface area contributed by atoms with Crippen LogP contribution in [0.25, 0.3) is 0 Å². The van der Waals surface area contributed by atoms with E-state index in [0.29, 0.717) is 19.5 Å². The summed E-state index contributed by atoms with van der Waals surface area (Å²) in [6, 6.07) is -0.526. The van der Waals surface area contributed by atoms with Crippen LogP contribution in [0.5, 0.6) is 0 Å². The Balaban J connectivity index is 2.48. The predicted octanol–water partition coefficient (Wildman–Crippen LogP) is 1.04. The summed E-state index contributed by atoms with van der Waals surface area (Å²) in [5, 5.41) is 20.7. The molecule has 2 amide bonds. The first-order valence-corrected chi connectivity index (χ1v) is 6.94. The quantitative estimate of drug-likeness (QED) is 0.674. The SMILES string of the molecule is CCCC(CC(=O)O)NC(=O)N1CCCC(CO)C1. The summed E-state index contributed by atoms with van der Waals surface area (Å²) in [5.41, 5.74) is 0. The summed E-state index contributed by atoms with van der Waals surface area (Å²) in [4.78, 5) is 24.5. The Labute approximate surface area is 113 Å². The second-order valence-corrected chi connectivity index (χ2v) is 5.17. The van der Waals surface area contributed by atoms with Crippen molar-refractivity contribution in [3.63, 3.8) is 0 Å². The van der Waals surface area contributed by atoms with Crippen molar-refractivity contribution >= 4 is 12.0 Å². The summed E-state index contributed by atoms with van der Waals surface area (Å²) < 4.78 is 0. The van der Waals surface area contributed by atoms with Gasteiger partial charge >= 0.3 is 12.0 Å². The molecule has 1 rings (SSSR count). The number of aliphatic hydroxyl groups excluding tert-OH is 1. The van der Waals surface area contributed by atoms with Crippen LogP contribution in [0, 0.1) is 5.92 Å². The molecule has 19 heavy (non-hydrogen) atoms. The van der Waals surface area contributed by atoms with Gasteiger partial charge in [-0.15, -0.1) is 0 Å². The lowest BCUT2D eigenvalue weighted by Gasteiger charge is -2.33. The van der Waals surface area contributed by atoms with Gasteiger partial charge in [0.1, 0.15) is 0 Å². The summed E-state index contributed by atoms with van der Waals surface area (Å²) in [7, 11) is 0. The Kier molecular flexibility index (Phi) is 6.62. The molecule has 0 bridgehead atoms. The lowest BCUT2D eigenvalue weighted by Crippen LogP contribution is -2.49. The number of carboxylic acids is 1. The highest BCUT2D eigenvalue weighted by Crippen LogP contribution is 2.16. The zero-order valence-corrected chi connectivity index (χ0v) is 11.5. The van der Waals surface area contributed by atoms with Crippen LogP contribution in [0.15, 0.2) is 0 Å². The van der Waals surface area contributed by atoms with Crippen LogP contribution in [-0.2, 0) is 4.79 Å². The second kappa shape index (κ2) is 7.99. The Morgan fingerprint density at radius 3 is 2.79 bits per heavy atom. The third-order valence-electron chi connectivity index (χ3n) is 3.45. The zero-order valence-electron chi connectivity index (χ0n) is 11.5.